The highest BCUT2D eigenvalue weighted by molar-refractivity contribution is 5.79. The van der Waals surface area contributed by atoms with Gasteiger partial charge in [-0.05, 0) is 11.5 Å². The highest BCUT2D eigenvalue weighted by Crippen LogP contribution is 2.19. The van der Waals surface area contributed by atoms with E-state index in [-0.39, 0.29) is 30.2 Å². The SMILES string of the molecule is CC(CNC(=O)C(C)C(N)c1ccccc1)CC(=O)O. The first-order chi connectivity index (χ1) is 9.41. The average Bonchev–Trinajstić information content (AvgIpc) is 2.43. The first kappa shape index (κ1) is 16.2. The molecule has 0 radical (unpaired) electrons. The zero-order chi connectivity index (χ0) is 15.1. The lowest BCUT2D eigenvalue weighted by Gasteiger charge is -2.20. The first-order valence-corrected chi connectivity index (χ1v) is 6.71. The number of benzene rings is 1. The van der Waals surface area contributed by atoms with E-state index >= 15 is 0 Å². The minimum absolute atomic E-state index is 0.0411. The number of carbonyl (C=O) groups excluding carboxylic acids is 1. The summed E-state index contributed by atoms with van der Waals surface area (Å²) in [5, 5.41) is 11.4. The number of rotatable bonds is 7. The van der Waals surface area contributed by atoms with E-state index in [1.807, 2.05) is 30.3 Å². The molecule has 0 aliphatic rings. The van der Waals surface area contributed by atoms with Gasteiger partial charge in [-0.2, -0.15) is 0 Å². The van der Waals surface area contributed by atoms with E-state index in [0.29, 0.717) is 6.54 Å². The Balaban J connectivity index is 2.49. The van der Waals surface area contributed by atoms with Crippen LogP contribution < -0.4 is 11.1 Å². The minimum Gasteiger partial charge on any atom is -0.481 e. The molecule has 1 aromatic rings. The third kappa shape index (κ3) is 5.01. The van der Waals surface area contributed by atoms with Crippen LogP contribution in [0.2, 0.25) is 0 Å². The maximum atomic E-state index is 12.0. The van der Waals surface area contributed by atoms with Crippen LogP contribution in [0.1, 0.15) is 31.9 Å². The van der Waals surface area contributed by atoms with Crippen molar-refractivity contribution in [1.82, 2.24) is 5.32 Å². The molecule has 0 fully saturated rings. The topological polar surface area (TPSA) is 92.4 Å². The van der Waals surface area contributed by atoms with Crippen LogP contribution in [-0.2, 0) is 9.59 Å². The van der Waals surface area contributed by atoms with Crippen molar-refractivity contribution in [2.45, 2.75) is 26.3 Å². The Hall–Kier alpha value is -1.88. The zero-order valence-corrected chi connectivity index (χ0v) is 11.9. The van der Waals surface area contributed by atoms with Crippen molar-refractivity contribution >= 4 is 11.9 Å². The van der Waals surface area contributed by atoms with E-state index in [9.17, 15) is 9.59 Å². The molecular weight excluding hydrogens is 256 g/mol. The van der Waals surface area contributed by atoms with Crippen LogP contribution in [0, 0.1) is 11.8 Å². The van der Waals surface area contributed by atoms with Gasteiger partial charge in [0.1, 0.15) is 0 Å². The van der Waals surface area contributed by atoms with Gasteiger partial charge in [0.15, 0.2) is 0 Å². The number of carboxylic acid groups (broad SMARTS) is 1. The van der Waals surface area contributed by atoms with Crippen LogP contribution in [0.5, 0.6) is 0 Å². The van der Waals surface area contributed by atoms with Crippen molar-refractivity contribution in [3.8, 4) is 0 Å². The lowest BCUT2D eigenvalue weighted by molar-refractivity contribution is -0.138. The molecule has 0 spiro atoms. The number of carbonyl (C=O) groups is 2. The standard InChI is InChI=1S/C15H22N2O3/c1-10(8-13(18)19)9-17-15(20)11(2)14(16)12-6-4-3-5-7-12/h3-7,10-11,14H,8-9,16H2,1-2H3,(H,17,20)(H,18,19). The highest BCUT2D eigenvalue weighted by atomic mass is 16.4. The molecule has 0 saturated heterocycles. The van der Waals surface area contributed by atoms with E-state index < -0.39 is 5.97 Å². The largest absolute Gasteiger partial charge is 0.481 e. The van der Waals surface area contributed by atoms with E-state index in [0.717, 1.165) is 5.56 Å². The van der Waals surface area contributed by atoms with Gasteiger partial charge in [0, 0.05) is 19.0 Å². The predicted molar refractivity (Wildman–Crippen MR) is 77.0 cm³/mol. The molecule has 1 aromatic carbocycles. The fourth-order valence-electron chi connectivity index (χ4n) is 1.93. The van der Waals surface area contributed by atoms with Crippen molar-refractivity contribution in [2.75, 3.05) is 6.54 Å². The third-order valence-corrected chi connectivity index (χ3v) is 3.28. The summed E-state index contributed by atoms with van der Waals surface area (Å²) in [7, 11) is 0. The summed E-state index contributed by atoms with van der Waals surface area (Å²) < 4.78 is 0. The molecular formula is C15H22N2O3. The normalized spacial score (nSPS) is 15.2. The number of amides is 1. The molecule has 20 heavy (non-hydrogen) atoms. The molecule has 0 saturated carbocycles. The fourth-order valence-corrected chi connectivity index (χ4v) is 1.93. The maximum Gasteiger partial charge on any atom is 0.303 e. The number of aliphatic carboxylic acids is 1. The molecule has 0 aliphatic heterocycles. The smallest absolute Gasteiger partial charge is 0.303 e. The number of hydrogen-bond donors (Lipinski definition) is 3. The number of carboxylic acids is 1. The van der Waals surface area contributed by atoms with Gasteiger partial charge < -0.3 is 16.2 Å². The van der Waals surface area contributed by atoms with Gasteiger partial charge in [0.05, 0.1) is 5.92 Å². The number of hydrogen-bond acceptors (Lipinski definition) is 3. The first-order valence-electron chi connectivity index (χ1n) is 6.71. The lowest BCUT2D eigenvalue weighted by Crippen LogP contribution is -2.37. The quantitative estimate of drug-likeness (QED) is 0.705. The van der Waals surface area contributed by atoms with Crippen LogP contribution in [0.15, 0.2) is 30.3 Å². The molecule has 1 rings (SSSR count). The van der Waals surface area contributed by atoms with E-state index in [2.05, 4.69) is 5.32 Å². The predicted octanol–water partition coefficient (Wildman–Crippen LogP) is 1.55. The summed E-state index contributed by atoms with van der Waals surface area (Å²) in [6.07, 6.45) is 0.0411. The van der Waals surface area contributed by atoms with Crippen molar-refractivity contribution in [3.05, 3.63) is 35.9 Å². The monoisotopic (exact) mass is 278 g/mol. The molecule has 3 unspecified atom stereocenters. The Labute approximate surface area is 119 Å². The van der Waals surface area contributed by atoms with E-state index in [1.54, 1.807) is 13.8 Å². The molecule has 1 amide bonds. The summed E-state index contributed by atoms with van der Waals surface area (Å²) in [5.41, 5.74) is 6.98. The van der Waals surface area contributed by atoms with Crippen LogP contribution in [0.25, 0.3) is 0 Å². The van der Waals surface area contributed by atoms with Crippen LogP contribution in [-0.4, -0.2) is 23.5 Å². The van der Waals surface area contributed by atoms with Crippen LogP contribution in [0.4, 0.5) is 0 Å². The Morgan fingerprint density at radius 2 is 1.85 bits per heavy atom. The fraction of sp³-hybridized carbons (Fsp3) is 0.467. The van der Waals surface area contributed by atoms with Gasteiger partial charge in [0.25, 0.3) is 0 Å². The van der Waals surface area contributed by atoms with Crippen molar-refractivity contribution in [3.63, 3.8) is 0 Å². The van der Waals surface area contributed by atoms with Gasteiger partial charge in [-0.15, -0.1) is 0 Å². The summed E-state index contributed by atoms with van der Waals surface area (Å²) in [6.45, 7) is 3.90. The average molecular weight is 278 g/mol. The molecule has 5 heteroatoms. The maximum absolute atomic E-state index is 12.0. The van der Waals surface area contributed by atoms with E-state index in [1.165, 1.54) is 0 Å². The molecule has 0 heterocycles. The molecule has 3 atom stereocenters. The summed E-state index contributed by atoms with van der Waals surface area (Å²) in [4.78, 5) is 22.6. The summed E-state index contributed by atoms with van der Waals surface area (Å²) in [5.74, 6) is -1.48. The molecule has 4 N–H and O–H groups in total. The molecule has 0 aromatic heterocycles. The number of nitrogens with one attached hydrogen (secondary N) is 1. The van der Waals surface area contributed by atoms with Gasteiger partial charge in [-0.3, -0.25) is 9.59 Å². The van der Waals surface area contributed by atoms with Crippen LogP contribution in [0.3, 0.4) is 0 Å². The van der Waals surface area contributed by atoms with Gasteiger partial charge in [-0.25, -0.2) is 0 Å². The van der Waals surface area contributed by atoms with Gasteiger partial charge in [-0.1, -0.05) is 44.2 Å². The Kier molecular flexibility index (Phi) is 6.18. The summed E-state index contributed by atoms with van der Waals surface area (Å²) in [6, 6.07) is 9.08. The molecule has 110 valence electrons. The molecule has 0 bridgehead atoms. The molecule has 0 aliphatic carbocycles. The third-order valence-electron chi connectivity index (χ3n) is 3.28. The van der Waals surface area contributed by atoms with Crippen molar-refractivity contribution < 1.29 is 14.7 Å². The number of nitrogens with two attached hydrogens (primary N) is 1. The van der Waals surface area contributed by atoms with Gasteiger partial charge in [0.2, 0.25) is 5.91 Å². The second-order valence-electron chi connectivity index (χ2n) is 5.17. The van der Waals surface area contributed by atoms with Crippen molar-refractivity contribution in [2.24, 2.45) is 17.6 Å². The Morgan fingerprint density at radius 1 is 1.25 bits per heavy atom. The Morgan fingerprint density at radius 3 is 2.40 bits per heavy atom. The Bertz CT molecular complexity index is 448. The van der Waals surface area contributed by atoms with E-state index in [4.69, 9.17) is 10.8 Å². The molecule has 5 nitrogen and oxygen atoms in total. The zero-order valence-electron chi connectivity index (χ0n) is 11.9. The van der Waals surface area contributed by atoms with Crippen LogP contribution >= 0.6 is 0 Å². The van der Waals surface area contributed by atoms with Crippen molar-refractivity contribution in [1.29, 1.82) is 0 Å². The minimum atomic E-state index is -0.860. The second kappa shape index (κ2) is 7.65. The van der Waals surface area contributed by atoms with Gasteiger partial charge >= 0.3 is 5.97 Å². The highest BCUT2D eigenvalue weighted by Gasteiger charge is 2.22. The summed E-state index contributed by atoms with van der Waals surface area (Å²) >= 11 is 0. The lowest BCUT2D eigenvalue weighted by atomic mass is 9.94. The second-order valence-corrected chi connectivity index (χ2v) is 5.17.